The number of benzene rings is 2. The monoisotopic (exact) mass is 385 g/mol. The van der Waals surface area contributed by atoms with Crippen LogP contribution < -0.4 is 5.32 Å². The minimum Gasteiger partial charge on any atom is -0.370 e. The fourth-order valence-corrected chi connectivity index (χ4v) is 3.91. The molecule has 0 aliphatic carbocycles. The highest BCUT2D eigenvalue weighted by atomic mass is 35.5. The Labute approximate surface area is 163 Å². The molecule has 1 N–H and O–H groups in total. The fourth-order valence-electron chi connectivity index (χ4n) is 3.54. The number of nitrogens with zero attached hydrogens (tertiary/aromatic N) is 2. The summed E-state index contributed by atoms with van der Waals surface area (Å²) in [5, 5.41) is 10.1. The number of nitrogens with one attached hydrogen (secondary N) is 1. The maximum absolute atomic E-state index is 6.39. The first kappa shape index (κ1) is 17.4. The third-order valence-corrected chi connectivity index (χ3v) is 5.77. The van der Waals surface area contributed by atoms with Crippen molar-refractivity contribution in [2.45, 2.75) is 32.6 Å². The summed E-state index contributed by atoms with van der Waals surface area (Å²) in [6.07, 6.45) is 4.09. The number of rotatable bonds is 3. The van der Waals surface area contributed by atoms with E-state index < -0.39 is 0 Å². The Bertz CT molecular complexity index is 946. The van der Waals surface area contributed by atoms with Crippen molar-refractivity contribution in [3.05, 3.63) is 74.9 Å². The Hall–Kier alpha value is -1.97. The Morgan fingerprint density at radius 2 is 1.85 bits per heavy atom. The first-order valence-electron chi connectivity index (χ1n) is 8.98. The number of halogens is 2. The molecule has 0 atom stereocenters. The lowest BCUT2D eigenvalue weighted by Gasteiger charge is -2.12. The van der Waals surface area contributed by atoms with Gasteiger partial charge in [0, 0.05) is 28.6 Å². The van der Waals surface area contributed by atoms with Crippen LogP contribution in [0.2, 0.25) is 10.0 Å². The van der Waals surface area contributed by atoms with Crippen molar-refractivity contribution >= 4 is 29.0 Å². The van der Waals surface area contributed by atoms with Gasteiger partial charge in [-0.1, -0.05) is 47.5 Å². The van der Waals surface area contributed by atoms with Crippen molar-refractivity contribution in [2.24, 2.45) is 0 Å². The highest BCUT2D eigenvalue weighted by molar-refractivity contribution is 6.31. The van der Waals surface area contributed by atoms with Crippen LogP contribution in [0.1, 0.15) is 35.2 Å². The van der Waals surface area contributed by atoms with Gasteiger partial charge in [-0.25, -0.2) is 4.68 Å². The van der Waals surface area contributed by atoms with E-state index in [2.05, 4.69) is 17.4 Å². The Kier molecular flexibility index (Phi) is 4.92. The molecule has 0 unspecified atom stereocenters. The molecule has 0 saturated carbocycles. The van der Waals surface area contributed by atoms with Crippen molar-refractivity contribution in [1.29, 1.82) is 0 Å². The fraction of sp³-hybridized carbons (Fsp3) is 0.286. The van der Waals surface area contributed by atoms with E-state index in [1.807, 2.05) is 41.9 Å². The number of hydrogen-bond donors (Lipinski definition) is 1. The normalized spacial score (nSPS) is 13.8. The molecule has 3 nitrogen and oxygen atoms in total. The molecule has 1 aromatic heterocycles. The minimum atomic E-state index is 0.732. The van der Waals surface area contributed by atoms with Crippen molar-refractivity contribution in [3.63, 3.8) is 0 Å². The van der Waals surface area contributed by atoms with Crippen LogP contribution in [0.5, 0.6) is 0 Å². The Morgan fingerprint density at radius 3 is 2.69 bits per heavy atom. The zero-order chi connectivity index (χ0) is 18.1. The zero-order valence-corrected chi connectivity index (χ0v) is 16.2. The summed E-state index contributed by atoms with van der Waals surface area (Å²) >= 11 is 12.7. The van der Waals surface area contributed by atoms with Gasteiger partial charge >= 0.3 is 0 Å². The zero-order valence-electron chi connectivity index (χ0n) is 14.7. The summed E-state index contributed by atoms with van der Waals surface area (Å²) < 4.78 is 2.02. The van der Waals surface area contributed by atoms with Gasteiger partial charge in [0.25, 0.3) is 0 Å². The molecule has 4 rings (SSSR count). The van der Waals surface area contributed by atoms with E-state index in [0.29, 0.717) is 0 Å². The third kappa shape index (κ3) is 3.22. The Balaban J connectivity index is 1.84. The molecule has 5 heteroatoms. The second kappa shape index (κ2) is 7.34. The van der Waals surface area contributed by atoms with E-state index in [0.717, 1.165) is 70.6 Å². The highest BCUT2D eigenvalue weighted by Gasteiger charge is 2.22. The summed E-state index contributed by atoms with van der Waals surface area (Å²) in [7, 11) is 0. The molecule has 134 valence electrons. The van der Waals surface area contributed by atoms with Crippen LogP contribution in [0.3, 0.4) is 0 Å². The smallest absolute Gasteiger partial charge is 0.133 e. The van der Waals surface area contributed by atoms with E-state index in [-0.39, 0.29) is 0 Å². The summed E-state index contributed by atoms with van der Waals surface area (Å²) in [6, 6.07) is 14.0. The molecule has 1 aliphatic rings. The molecule has 1 aliphatic heterocycles. The molecule has 0 saturated heterocycles. The van der Waals surface area contributed by atoms with Crippen LogP contribution in [0, 0.1) is 6.92 Å². The lowest BCUT2D eigenvalue weighted by molar-refractivity contribution is 0.767. The van der Waals surface area contributed by atoms with Crippen LogP contribution in [0.15, 0.2) is 42.5 Å². The standard InChI is InChI=1S/C21H21Cl2N3/c1-14-17(22)10-6-11-20(14)26-21-16(8-4-5-12-24-21)19(25-26)13-15-7-2-3-9-18(15)23/h2-3,6-7,9-11,24H,4-5,8,12-13H2,1H3. The first-order valence-corrected chi connectivity index (χ1v) is 9.74. The molecule has 3 aromatic rings. The summed E-state index contributed by atoms with van der Waals surface area (Å²) in [4.78, 5) is 0. The van der Waals surface area contributed by atoms with E-state index in [1.165, 1.54) is 5.56 Å². The van der Waals surface area contributed by atoms with Crippen molar-refractivity contribution in [2.75, 3.05) is 11.9 Å². The number of aromatic nitrogens is 2. The van der Waals surface area contributed by atoms with Crippen LogP contribution in [-0.4, -0.2) is 16.3 Å². The molecule has 2 aromatic carbocycles. The SMILES string of the molecule is Cc1c(Cl)cccc1-n1nc(Cc2ccccc2Cl)c2c1NCCCC2. The van der Waals surface area contributed by atoms with Crippen molar-refractivity contribution in [3.8, 4) is 5.69 Å². The topological polar surface area (TPSA) is 29.9 Å². The summed E-state index contributed by atoms with van der Waals surface area (Å²) in [6.45, 7) is 3.00. The van der Waals surface area contributed by atoms with Gasteiger partial charge in [0.05, 0.1) is 11.4 Å². The molecule has 0 fully saturated rings. The van der Waals surface area contributed by atoms with Gasteiger partial charge < -0.3 is 5.32 Å². The van der Waals surface area contributed by atoms with Crippen LogP contribution in [0.25, 0.3) is 5.69 Å². The minimum absolute atomic E-state index is 0.732. The Morgan fingerprint density at radius 1 is 1.04 bits per heavy atom. The van der Waals surface area contributed by atoms with Gasteiger partial charge in [-0.15, -0.1) is 0 Å². The average molecular weight is 386 g/mol. The van der Waals surface area contributed by atoms with Crippen LogP contribution >= 0.6 is 23.2 Å². The molecule has 2 heterocycles. The predicted molar refractivity (Wildman–Crippen MR) is 109 cm³/mol. The molecule has 26 heavy (non-hydrogen) atoms. The molecule has 0 bridgehead atoms. The second-order valence-corrected chi connectivity index (χ2v) is 7.54. The number of anilines is 1. The molecule has 0 amide bonds. The molecule has 0 radical (unpaired) electrons. The maximum atomic E-state index is 6.39. The average Bonchev–Trinajstić information content (AvgIpc) is 2.81. The van der Waals surface area contributed by atoms with E-state index in [4.69, 9.17) is 28.3 Å². The van der Waals surface area contributed by atoms with Crippen molar-refractivity contribution in [1.82, 2.24) is 9.78 Å². The van der Waals surface area contributed by atoms with E-state index in [1.54, 1.807) is 0 Å². The van der Waals surface area contributed by atoms with Gasteiger partial charge in [0.15, 0.2) is 0 Å². The number of fused-ring (bicyclic) bond motifs is 1. The molecule has 0 spiro atoms. The van der Waals surface area contributed by atoms with Crippen LogP contribution in [-0.2, 0) is 12.8 Å². The lowest BCUT2D eigenvalue weighted by Crippen LogP contribution is -2.08. The maximum Gasteiger partial charge on any atom is 0.133 e. The third-order valence-electron chi connectivity index (χ3n) is 5.00. The van der Waals surface area contributed by atoms with Gasteiger partial charge in [0.1, 0.15) is 5.82 Å². The number of hydrogen-bond acceptors (Lipinski definition) is 2. The lowest BCUT2D eigenvalue weighted by atomic mass is 10.0. The van der Waals surface area contributed by atoms with Gasteiger partial charge in [-0.05, 0) is 55.5 Å². The highest BCUT2D eigenvalue weighted by Crippen LogP contribution is 2.32. The molecular weight excluding hydrogens is 365 g/mol. The van der Waals surface area contributed by atoms with E-state index in [9.17, 15) is 0 Å². The van der Waals surface area contributed by atoms with Gasteiger partial charge in [-0.3, -0.25) is 0 Å². The van der Waals surface area contributed by atoms with Gasteiger partial charge in [0.2, 0.25) is 0 Å². The van der Waals surface area contributed by atoms with Gasteiger partial charge in [-0.2, -0.15) is 5.10 Å². The predicted octanol–water partition coefficient (Wildman–Crippen LogP) is 5.83. The van der Waals surface area contributed by atoms with Crippen molar-refractivity contribution < 1.29 is 0 Å². The first-order chi connectivity index (χ1) is 12.6. The summed E-state index contributed by atoms with van der Waals surface area (Å²) in [5.41, 5.74) is 5.54. The quantitative estimate of drug-likeness (QED) is 0.614. The summed E-state index contributed by atoms with van der Waals surface area (Å²) in [5.74, 6) is 1.09. The van der Waals surface area contributed by atoms with Crippen LogP contribution in [0.4, 0.5) is 5.82 Å². The molecular formula is C21H21Cl2N3. The largest absolute Gasteiger partial charge is 0.370 e. The second-order valence-electron chi connectivity index (χ2n) is 6.72. The van der Waals surface area contributed by atoms with E-state index >= 15 is 0 Å².